The number of aryl methyl sites for hydroxylation is 1. The van der Waals surface area contributed by atoms with Gasteiger partial charge in [0, 0.05) is 13.6 Å². The summed E-state index contributed by atoms with van der Waals surface area (Å²) in [6.45, 7) is 6.35. The number of benzene rings is 1. The van der Waals surface area contributed by atoms with Gasteiger partial charge in [-0.25, -0.2) is 5.01 Å². The highest BCUT2D eigenvalue weighted by atomic mass is 32.1. The zero-order valence-corrected chi connectivity index (χ0v) is 16.3. The lowest BCUT2D eigenvalue weighted by Crippen LogP contribution is -2.43. The summed E-state index contributed by atoms with van der Waals surface area (Å²) in [7, 11) is 3.97. The van der Waals surface area contributed by atoms with Gasteiger partial charge in [-0.15, -0.1) is 5.10 Å². The van der Waals surface area contributed by atoms with Crippen LogP contribution in [-0.4, -0.2) is 44.8 Å². The van der Waals surface area contributed by atoms with Crippen molar-refractivity contribution in [2.75, 3.05) is 20.3 Å². The summed E-state index contributed by atoms with van der Waals surface area (Å²) in [5.74, 6) is 0. The fourth-order valence-corrected chi connectivity index (χ4v) is 3.04. The van der Waals surface area contributed by atoms with Crippen LogP contribution in [0.3, 0.4) is 0 Å². The molecule has 0 bridgehead atoms. The maximum atomic E-state index is 12.9. The molecule has 0 aliphatic heterocycles. The molecule has 0 atom stereocenters. The van der Waals surface area contributed by atoms with Gasteiger partial charge in [-0.1, -0.05) is 38.2 Å². The largest absolute Gasteiger partial charge is 0.313 e. The second-order valence-electron chi connectivity index (χ2n) is 6.20. The molecule has 0 amide bonds. The Morgan fingerprint density at radius 3 is 2.60 bits per heavy atom. The Hall–Kier alpha value is -1.99. The monoisotopic (exact) mass is 361 g/mol. The van der Waals surface area contributed by atoms with Gasteiger partial charge in [-0.2, -0.15) is 0 Å². The molecular weight excluding hydrogens is 334 g/mol. The Balaban J connectivity index is 2.65. The summed E-state index contributed by atoms with van der Waals surface area (Å²) >= 11 is 5.14. The van der Waals surface area contributed by atoms with Gasteiger partial charge in [0.2, 0.25) is 5.62 Å². The van der Waals surface area contributed by atoms with E-state index in [9.17, 15) is 4.79 Å². The van der Waals surface area contributed by atoms with Crippen molar-refractivity contribution in [3.8, 4) is 0 Å². The molecule has 0 unspecified atom stereocenters. The molecule has 25 heavy (non-hydrogen) atoms. The second-order valence-corrected chi connectivity index (χ2v) is 6.41. The molecule has 0 aliphatic rings. The molecule has 0 fully saturated rings. The van der Waals surface area contributed by atoms with E-state index >= 15 is 0 Å². The molecule has 1 aromatic carbocycles. The summed E-state index contributed by atoms with van der Waals surface area (Å²) in [6, 6.07) is 7.62. The smallest absolute Gasteiger partial charge is 0.262 e. The Labute approximate surface area is 154 Å². The molecule has 0 aliphatic carbocycles. The molecule has 0 saturated carbocycles. The third-order valence-corrected chi connectivity index (χ3v) is 4.30. The highest BCUT2D eigenvalue weighted by Crippen LogP contribution is 2.06. The van der Waals surface area contributed by atoms with E-state index in [0.717, 1.165) is 24.9 Å². The summed E-state index contributed by atoms with van der Waals surface area (Å²) in [4.78, 5) is 15.1. The van der Waals surface area contributed by atoms with Crippen molar-refractivity contribution in [1.29, 1.82) is 0 Å². The maximum Gasteiger partial charge on any atom is 0.262 e. The van der Waals surface area contributed by atoms with Gasteiger partial charge < -0.3 is 4.57 Å². The normalized spacial score (nSPS) is 12.1. The molecule has 0 spiro atoms. The van der Waals surface area contributed by atoms with Gasteiger partial charge in [-0.3, -0.25) is 14.3 Å². The zero-order valence-electron chi connectivity index (χ0n) is 15.5. The highest BCUT2D eigenvalue weighted by molar-refractivity contribution is 7.78. The lowest BCUT2D eigenvalue weighted by Gasteiger charge is -2.22. The summed E-state index contributed by atoms with van der Waals surface area (Å²) in [6.07, 6.45) is 1.92. The lowest BCUT2D eigenvalue weighted by atomic mass is 10.2. The lowest BCUT2D eigenvalue weighted by molar-refractivity contribution is 0.225. The van der Waals surface area contributed by atoms with Gasteiger partial charge in [0.15, 0.2) is 0 Å². The molecule has 0 saturated heterocycles. The zero-order chi connectivity index (χ0) is 18.4. The van der Waals surface area contributed by atoms with E-state index < -0.39 is 0 Å². The predicted octanol–water partition coefficient (Wildman–Crippen LogP) is 2.12. The minimum atomic E-state index is -0.0134. The average molecular weight is 362 g/mol. The molecule has 2 aromatic rings. The van der Waals surface area contributed by atoms with Crippen LogP contribution in [-0.2, 0) is 13.6 Å². The van der Waals surface area contributed by atoms with E-state index in [-0.39, 0.29) is 5.56 Å². The van der Waals surface area contributed by atoms with Gasteiger partial charge in [0.1, 0.15) is 0 Å². The number of para-hydroxylation sites is 1. The molecule has 0 radical (unpaired) electrons. The van der Waals surface area contributed by atoms with Crippen LogP contribution in [0.5, 0.6) is 0 Å². The van der Waals surface area contributed by atoms with Crippen LogP contribution >= 0.6 is 12.2 Å². The van der Waals surface area contributed by atoms with Crippen LogP contribution in [0.15, 0.2) is 34.2 Å². The van der Waals surface area contributed by atoms with Crippen molar-refractivity contribution in [1.82, 2.24) is 19.0 Å². The summed E-state index contributed by atoms with van der Waals surface area (Å²) < 4.78 is 3.69. The molecule has 0 N–H and O–H groups in total. The number of fused-ring (bicyclic) bond motifs is 1. The predicted molar refractivity (Wildman–Crippen MR) is 106 cm³/mol. The Morgan fingerprint density at radius 2 is 1.96 bits per heavy atom. The van der Waals surface area contributed by atoms with Crippen LogP contribution < -0.4 is 11.2 Å². The van der Waals surface area contributed by atoms with E-state index in [4.69, 9.17) is 12.2 Å². The molecule has 2 rings (SSSR count). The van der Waals surface area contributed by atoms with Crippen molar-refractivity contribution in [3.05, 3.63) is 40.2 Å². The Kier molecular flexibility index (Phi) is 6.90. The fraction of sp³-hybridized carbons (Fsp3) is 0.500. The topological polar surface area (TPSA) is 45.8 Å². The van der Waals surface area contributed by atoms with E-state index in [1.165, 1.54) is 5.49 Å². The first-order valence-electron chi connectivity index (χ1n) is 8.67. The molecule has 6 nitrogen and oxygen atoms in total. The second kappa shape index (κ2) is 8.92. The SMILES string of the molecule is CCCN(C)CN(C=S)/N=c1/n(CCC)c(=O)c2ccccc2n1C. The molecular formula is C18H27N5OS. The first-order valence-corrected chi connectivity index (χ1v) is 9.14. The summed E-state index contributed by atoms with van der Waals surface area (Å²) in [5.41, 5.74) is 2.99. The van der Waals surface area contributed by atoms with Crippen molar-refractivity contribution >= 4 is 28.6 Å². The maximum absolute atomic E-state index is 12.9. The first kappa shape index (κ1) is 19.3. The van der Waals surface area contributed by atoms with Crippen LogP contribution in [0.2, 0.25) is 0 Å². The van der Waals surface area contributed by atoms with Gasteiger partial charge in [-0.05, 0) is 38.6 Å². The Morgan fingerprint density at radius 1 is 1.24 bits per heavy atom. The first-order chi connectivity index (χ1) is 12.0. The quantitative estimate of drug-likeness (QED) is 0.410. The van der Waals surface area contributed by atoms with E-state index in [0.29, 0.717) is 24.2 Å². The molecule has 1 aromatic heterocycles. The van der Waals surface area contributed by atoms with Crippen LogP contribution in [0.4, 0.5) is 0 Å². The third kappa shape index (κ3) is 4.35. The number of nitrogens with zero attached hydrogens (tertiary/aromatic N) is 5. The number of aromatic nitrogens is 2. The van der Waals surface area contributed by atoms with E-state index in [1.54, 1.807) is 9.58 Å². The molecule has 136 valence electrons. The van der Waals surface area contributed by atoms with Gasteiger partial charge in [0.05, 0.1) is 23.1 Å². The van der Waals surface area contributed by atoms with Gasteiger partial charge in [0.25, 0.3) is 5.56 Å². The summed E-state index contributed by atoms with van der Waals surface area (Å²) in [5, 5.41) is 7.10. The highest BCUT2D eigenvalue weighted by Gasteiger charge is 2.10. The Bertz CT molecular complexity index is 855. The number of hydrogen-bond acceptors (Lipinski definition) is 4. The van der Waals surface area contributed by atoms with Gasteiger partial charge >= 0.3 is 0 Å². The average Bonchev–Trinajstić information content (AvgIpc) is 2.61. The minimum absolute atomic E-state index is 0.0134. The van der Waals surface area contributed by atoms with Crippen LogP contribution in [0.1, 0.15) is 26.7 Å². The number of hydrogen-bond donors (Lipinski definition) is 0. The van der Waals surface area contributed by atoms with Crippen molar-refractivity contribution in [3.63, 3.8) is 0 Å². The molecule has 7 heteroatoms. The minimum Gasteiger partial charge on any atom is -0.313 e. The van der Waals surface area contributed by atoms with Crippen LogP contribution in [0.25, 0.3) is 10.9 Å². The standard InChI is InChI=1S/C18H27N5OS/c1-5-11-20(3)13-22(14-25)19-18-21(4)16-10-8-7-9-15(16)17(24)23(18)12-6-2/h7-10,14H,5-6,11-13H2,1-4H3/b19-18+. The van der Waals surface area contributed by atoms with E-state index in [1.807, 2.05) is 42.9 Å². The third-order valence-electron chi connectivity index (χ3n) is 4.06. The van der Waals surface area contributed by atoms with Crippen molar-refractivity contribution in [2.24, 2.45) is 12.1 Å². The van der Waals surface area contributed by atoms with Crippen molar-refractivity contribution < 1.29 is 0 Å². The van der Waals surface area contributed by atoms with E-state index in [2.05, 4.69) is 23.8 Å². The number of rotatable bonds is 8. The molecule has 1 heterocycles. The number of thiocarbonyl (C=S) groups is 1. The van der Waals surface area contributed by atoms with Crippen LogP contribution in [0, 0.1) is 0 Å². The fourth-order valence-electron chi connectivity index (χ4n) is 2.92. The van der Waals surface area contributed by atoms with Crippen molar-refractivity contribution in [2.45, 2.75) is 33.2 Å².